The van der Waals surface area contributed by atoms with Gasteiger partial charge in [0.25, 0.3) is 0 Å². The van der Waals surface area contributed by atoms with Crippen LogP contribution in [0.15, 0.2) is 12.2 Å². The lowest BCUT2D eigenvalue weighted by atomic mass is 9.98. The molecule has 0 N–H and O–H groups in total. The molecule has 348 valence electrons. The molecule has 0 radical (unpaired) electrons. The molecule has 62 heavy (non-hydrogen) atoms. The van der Waals surface area contributed by atoms with Gasteiger partial charge in [-0.1, -0.05) is 55.4 Å². The zero-order valence-corrected chi connectivity index (χ0v) is 36.0. The van der Waals surface area contributed by atoms with Gasteiger partial charge in [-0.05, 0) is 0 Å². The molecule has 0 amide bonds. The lowest BCUT2D eigenvalue weighted by Gasteiger charge is -2.43. The number of carbonyl (C=O) groups is 10. The number of carbonyl (C=O) groups excluding carboxylic acids is 10. The van der Waals surface area contributed by atoms with E-state index in [2.05, 4.69) is 0 Å². The first-order chi connectivity index (χ1) is 29.5. The van der Waals surface area contributed by atoms with E-state index in [1.807, 2.05) is 0 Å². The summed E-state index contributed by atoms with van der Waals surface area (Å²) in [7, 11) is 0. The van der Waals surface area contributed by atoms with Crippen LogP contribution in [0.25, 0.3) is 0 Å². The van der Waals surface area contributed by atoms with Gasteiger partial charge in [0.2, 0.25) is 24.8 Å². The molecule has 0 aliphatic carbocycles. The van der Waals surface area contributed by atoms with Crippen molar-refractivity contribution in [2.75, 3.05) is 13.2 Å². The SMILES string of the molecule is CCC(=O)OC[C@H]1O[C@H](OC(=O)/C=C/C(=O)O[C@H]2O[C@H](COC(=O)CC)[C@@H](OC(=O)CC)[C@H](OC(=O)CC)[C@@H]2OC(=O)CC)[C@@H](OC(=O)CC)[C@@H](OC(=O)CC)[C@@H]1OC(=O)CC. The molecule has 2 aliphatic rings. The third-order valence-corrected chi connectivity index (χ3v) is 8.73. The molecule has 2 aliphatic heterocycles. The zero-order valence-electron chi connectivity index (χ0n) is 36.0. The average Bonchev–Trinajstić information content (AvgIpc) is 3.26. The molecule has 0 unspecified atom stereocenters. The van der Waals surface area contributed by atoms with Crippen molar-refractivity contribution in [3.63, 3.8) is 0 Å². The highest BCUT2D eigenvalue weighted by molar-refractivity contribution is 5.91. The van der Waals surface area contributed by atoms with E-state index < -0.39 is 134 Å². The summed E-state index contributed by atoms with van der Waals surface area (Å²) in [4.78, 5) is 126. The molecule has 0 aromatic carbocycles. The molecule has 0 spiro atoms. The van der Waals surface area contributed by atoms with E-state index in [-0.39, 0.29) is 51.4 Å². The topological polar surface area (TPSA) is 281 Å². The van der Waals surface area contributed by atoms with Crippen LogP contribution in [-0.2, 0) is 105 Å². The normalized spacial score (nSPS) is 25.5. The molecule has 0 saturated carbocycles. The fraction of sp³-hybridized carbons (Fsp3) is 0.700. The highest BCUT2D eigenvalue weighted by atomic mass is 16.8. The van der Waals surface area contributed by atoms with Gasteiger partial charge in [0, 0.05) is 63.5 Å². The molecule has 2 fully saturated rings. The van der Waals surface area contributed by atoms with Crippen LogP contribution in [-0.4, -0.2) is 134 Å². The summed E-state index contributed by atoms with van der Waals surface area (Å²) in [6.07, 6.45) is -16.8. The second kappa shape index (κ2) is 26.6. The van der Waals surface area contributed by atoms with Crippen LogP contribution in [0.2, 0.25) is 0 Å². The molecule has 2 heterocycles. The van der Waals surface area contributed by atoms with Crippen molar-refractivity contribution in [2.24, 2.45) is 0 Å². The Kier molecular flexibility index (Phi) is 22.6. The van der Waals surface area contributed by atoms with Crippen molar-refractivity contribution in [3.8, 4) is 0 Å². The lowest BCUT2D eigenvalue weighted by molar-refractivity contribution is -0.300. The first-order valence-corrected chi connectivity index (χ1v) is 20.4. The van der Waals surface area contributed by atoms with Gasteiger partial charge < -0.3 is 56.8 Å². The summed E-state index contributed by atoms with van der Waals surface area (Å²) in [6, 6.07) is 0. The largest absolute Gasteiger partial charge is 0.463 e. The first kappa shape index (κ1) is 52.5. The van der Waals surface area contributed by atoms with Gasteiger partial charge in [-0.15, -0.1) is 0 Å². The number of rotatable bonds is 22. The molecular weight excluding hydrogens is 832 g/mol. The van der Waals surface area contributed by atoms with Crippen LogP contribution in [0.3, 0.4) is 0 Å². The standard InChI is InChI=1S/C40H56O22/c1-9-23(41)51-19-21-33(55-25(43)11-3)35(57-27(45)13-5)37(59-29(47)15-7)39(53-21)61-31(49)17-18-32(50)62-40-38(60-30(48)16-8)36(58-28(46)14-6)34(56-26(44)12-4)22(54-40)20-52-24(42)10-2/h17-18,21-22,33-40H,9-16,19-20H2,1-8H3/b18-17+/t21-,22-,33-,34-,35+,36+,37+,38+,39-,40-/m1/s1. The molecule has 22 heteroatoms. The Balaban J connectivity index is 2.53. The minimum atomic E-state index is -1.93. The smallest absolute Gasteiger partial charge is 0.333 e. The summed E-state index contributed by atoms with van der Waals surface area (Å²) in [5.41, 5.74) is 0. The second-order valence-corrected chi connectivity index (χ2v) is 13.2. The number of ether oxygens (including phenoxy) is 12. The zero-order chi connectivity index (χ0) is 46.5. The van der Waals surface area contributed by atoms with Crippen LogP contribution in [0.1, 0.15) is 107 Å². The average molecular weight is 889 g/mol. The lowest BCUT2D eigenvalue weighted by Crippen LogP contribution is -2.63. The maximum absolute atomic E-state index is 13.3. The van der Waals surface area contributed by atoms with Crippen molar-refractivity contribution in [1.82, 2.24) is 0 Å². The second-order valence-electron chi connectivity index (χ2n) is 13.2. The summed E-state index contributed by atoms with van der Waals surface area (Å²) < 4.78 is 66.1. The third kappa shape index (κ3) is 16.3. The van der Waals surface area contributed by atoms with Gasteiger partial charge >= 0.3 is 59.7 Å². The Morgan fingerprint density at radius 1 is 0.339 bits per heavy atom. The van der Waals surface area contributed by atoms with Crippen molar-refractivity contribution in [1.29, 1.82) is 0 Å². The quantitative estimate of drug-likeness (QED) is 0.0852. The van der Waals surface area contributed by atoms with Crippen molar-refractivity contribution < 1.29 is 105 Å². The van der Waals surface area contributed by atoms with E-state index in [9.17, 15) is 47.9 Å². The van der Waals surface area contributed by atoms with Gasteiger partial charge in [-0.25, -0.2) is 9.59 Å². The molecule has 0 aromatic rings. The van der Waals surface area contributed by atoms with E-state index in [4.69, 9.17) is 56.8 Å². The monoisotopic (exact) mass is 888 g/mol. The van der Waals surface area contributed by atoms with E-state index in [0.29, 0.717) is 12.2 Å². The maximum Gasteiger partial charge on any atom is 0.333 e. The van der Waals surface area contributed by atoms with Crippen LogP contribution in [0.4, 0.5) is 0 Å². The Labute approximate surface area is 357 Å². The van der Waals surface area contributed by atoms with Crippen molar-refractivity contribution in [2.45, 2.75) is 168 Å². The number of esters is 10. The van der Waals surface area contributed by atoms with E-state index >= 15 is 0 Å². The van der Waals surface area contributed by atoms with E-state index in [0.717, 1.165) is 0 Å². The van der Waals surface area contributed by atoms with Gasteiger partial charge in [0.1, 0.15) is 25.4 Å². The summed E-state index contributed by atoms with van der Waals surface area (Å²) in [5, 5.41) is 0. The van der Waals surface area contributed by atoms with Crippen LogP contribution >= 0.6 is 0 Å². The highest BCUT2D eigenvalue weighted by Gasteiger charge is 2.55. The minimum absolute atomic E-state index is 0.0610. The van der Waals surface area contributed by atoms with Crippen LogP contribution in [0.5, 0.6) is 0 Å². The van der Waals surface area contributed by atoms with E-state index in [1.54, 1.807) is 0 Å². The molecule has 22 nitrogen and oxygen atoms in total. The molecular formula is C40H56O22. The minimum Gasteiger partial charge on any atom is -0.463 e. The molecule has 2 rings (SSSR count). The van der Waals surface area contributed by atoms with Crippen LogP contribution < -0.4 is 0 Å². The number of hydrogen-bond donors (Lipinski definition) is 0. The molecule has 0 aromatic heterocycles. The fourth-order valence-corrected chi connectivity index (χ4v) is 5.43. The number of hydrogen-bond acceptors (Lipinski definition) is 22. The van der Waals surface area contributed by atoms with Gasteiger partial charge in [-0.2, -0.15) is 0 Å². The van der Waals surface area contributed by atoms with Gasteiger partial charge in [0.15, 0.2) is 24.4 Å². The predicted molar refractivity (Wildman–Crippen MR) is 202 cm³/mol. The van der Waals surface area contributed by atoms with Crippen molar-refractivity contribution in [3.05, 3.63) is 12.2 Å². The van der Waals surface area contributed by atoms with Crippen LogP contribution in [0, 0.1) is 0 Å². The summed E-state index contributed by atoms with van der Waals surface area (Å²) in [5.74, 6) is -9.12. The maximum atomic E-state index is 13.3. The Morgan fingerprint density at radius 3 is 0.839 bits per heavy atom. The third-order valence-electron chi connectivity index (χ3n) is 8.73. The highest BCUT2D eigenvalue weighted by Crippen LogP contribution is 2.32. The first-order valence-electron chi connectivity index (χ1n) is 20.4. The Morgan fingerprint density at radius 2 is 0.581 bits per heavy atom. The predicted octanol–water partition coefficient (Wildman–Crippen LogP) is 1.92. The summed E-state index contributed by atoms with van der Waals surface area (Å²) >= 11 is 0. The van der Waals surface area contributed by atoms with E-state index in [1.165, 1.54) is 55.4 Å². The molecule has 0 bridgehead atoms. The molecule has 10 atom stereocenters. The van der Waals surface area contributed by atoms with Gasteiger partial charge in [-0.3, -0.25) is 38.4 Å². The Bertz CT molecular complexity index is 1510. The van der Waals surface area contributed by atoms with Crippen molar-refractivity contribution >= 4 is 59.7 Å². The fourth-order valence-electron chi connectivity index (χ4n) is 5.43. The molecule has 2 saturated heterocycles. The Hall–Kier alpha value is -5.64. The van der Waals surface area contributed by atoms with Gasteiger partial charge in [0.05, 0.1) is 0 Å². The summed E-state index contributed by atoms with van der Waals surface area (Å²) in [6.45, 7) is 10.5.